The van der Waals surface area contributed by atoms with Gasteiger partial charge < -0.3 is 29.3 Å². The maximum Gasteiger partial charge on any atom is 0.467 e. The molecule has 0 atom stereocenters. The minimum absolute atomic E-state index is 0.0818. The minimum Gasteiger partial charge on any atom is -0.665 e. The second kappa shape index (κ2) is 4.63. The molecule has 1 aromatic carbocycles. The maximum absolute atomic E-state index is 11.3. The molecule has 1 aliphatic heterocycles. The third-order valence-corrected chi connectivity index (χ3v) is 2.42. The zero-order chi connectivity index (χ0) is 14.2. The van der Waals surface area contributed by atoms with Gasteiger partial charge in [0.25, 0.3) is 0 Å². The first-order chi connectivity index (χ1) is 8.80. The van der Waals surface area contributed by atoms with Crippen LogP contribution in [0.5, 0.6) is 17.2 Å². The fraction of sp³-hybridized carbons (Fsp3) is 0.364. The smallest absolute Gasteiger partial charge is 0.467 e. The molecule has 1 aromatic rings. The Morgan fingerprint density at radius 2 is 2.11 bits per heavy atom. The monoisotopic (exact) mass is 269 g/mol. The van der Waals surface area contributed by atoms with E-state index in [1.807, 2.05) is 0 Å². The van der Waals surface area contributed by atoms with Crippen molar-refractivity contribution in [1.29, 1.82) is 0 Å². The van der Waals surface area contributed by atoms with Gasteiger partial charge in [0, 0.05) is 0 Å². The van der Waals surface area contributed by atoms with E-state index in [4.69, 9.17) is 14.1 Å². The Morgan fingerprint density at radius 1 is 1.42 bits per heavy atom. The fourth-order valence-electron chi connectivity index (χ4n) is 1.75. The molecule has 8 heteroatoms. The van der Waals surface area contributed by atoms with Crippen molar-refractivity contribution in [3.05, 3.63) is 17.7 Å². The highest BCUT2D eigenvalue weighted by atomic mass is 16.7. The Balaban J connectivity index is 2.53. The molecule has 0 unspecified atom stereocenters. The molecule has 2 rings (SSSR count). The summed E-state index contributed by atoms with van der Waals surface area (Å²) in [7, 11) is 0. The summed E-state index contributed by atoms with van der Waals surface area (Å²) >= 11 is 0. The number of rotatable bonds is 3. The van der Waals surface area contributed by atoms with Crippen molar-refractivity contribution in [1.82, 2.24) is 0 Å². The number of ether oxygens (including phenoxy) is 2. The first-order valence-corrected chi connectivity index (χ1v) is 5.79. The molecule has 0 saturated carbocycles. The molecule has 0 aliphatic carbocycles. The van der Waals surface area contributed by atoms with Gasteiger partial charge >= 0.3 is 12.7 Å². The molecule has 0 amide bonds. The Bertz CT molecular complexity index is 512. The van der Waals surface area contributed by atoms with E-state index in [1.165, 1.54) is 12.1 Å². The Kier molecular flexibility index (Phi) is 3.29. The molecule has 3 N–H and O–H groups in total. The number of aromatic carboxylic acids is 1. The molecular weight excluding hydrogens is 255 g/mol. The largest absolute Gasteiger partial charge is 0.665 e. The number of carboxylic acids is 1. The van der Waals surface area contributed by atoms with Gasteiger partial charge in [0.05, 0.1) is 12.6 Å². The zero-order valence-electron chi connectivity index (χ0n) is 10.5. The summed E-state index contributed by atoms with van der Waals surface area (Å²) < 4.78 is 15.4. The van der Waals surface area contributed by atoms with Crippen molar-refractivity contribution in [2.75, 3.05) is 6.51 Å². The molecule has 1 heterocycles. The lowest BCUT2D eigenvalue weighted by molar-refractivity contribution is 0.0683. The molecule has 0 saturated heterocycles. The molecule has 0 bridgehead atoms. The third kappa shape index (κ3) is 2.74. The number of carboxylic acid groups (broad SMARTS) is 1. The lowest BCUT2D eigenvalue weighted by Crippen LogP contribution is -2.51. The van der Waals surface area contributed by atoms with Gasteiger partial charge in [-0.05, 0) is 26.0 Å². The van der Waals surface area contributed by atoms with Crippen molar-refractivity contribution in [3.8, 4) is 17.2 Å². The van der Waals surface area contributed by atoms with Crippen LogP contribution in [0.2, 0.25) is 0 Å². The first kappa shape index (κ1) is 13.5. The van der Waals surface area contributed by atoms with Crippen LogP contribution in [-0.2, 0) is 0 Å². The molecule has 104 valence electrons. The molecule has 0 radical (unpaired) electrons. The number of carbonyl (C=O) groups is 1. The van der Waals surface area contributed by atoms with Gasteiger partial charge in [0.2, 0.25) is 0 Å². The van der Waals surface area contributed by atoms with Crippen LogP contribution in [0.4, 0.5) is 0 Å². The van der Waals surface area contributed by atoms with Crippen LogP contribution in [0.3, 0.4) is 0 Å². The molecule has 19 heavy (non-hydrogen) atoms. The highest BCUT2D eigenvalue weighted by Crippen LogP contribution is 2.41. The summed E-state index contributed by atoms with van der Waals surface area (Å²) in [5, 5.41) is 28.1. The van der Waals surface area contributed by atoms with E-state index in [-0.39, 0.29) is 28.9 Å². The third-order valence-electron chi connectivity index (χ3n) is 2.42. The molecule has 0 spiro atoms. The predicted molar refractivity (Wildman–Crippen MR) is 65.5 cm³/mol. The zero-order valence-corrected chi connectivity index (χ0v) is 10.5. The van der Waals surface area contributed by atoms with Gasteiger partial charge in [-0.3, -0.25) is 0 Å². The molecule has 0 fully saturated rings. The Morgan fingerprint density at radius 3 is 2.68 bits per heavy atom. The average molecular weight is 269 g/mol. The number of fused-ring (bicyclic) bond motifs is 1. The second-order valence-electron chi connectivity index (χ2n) is 4.52. The van der Waals surface area contributed by atoms with E-state index in [1.54, 1.807) is 13.8 Å². The number of hydrogen-bond acceptors (Lipinski definition) is 6. The van der Waals surface area contributed by atoms with E-state index < -0.39 is 19.2 Å². The van der Waals surface area contributed by atoms with Gasteiger partial charge in [-0.25, -0.2) is 4.79 Å². The van der Waals surface area contributed by atoms with Crippen molar-refractivity contribution < 1.29 is 34.1 Å². The van der Waals surface area contributed by atoms with Gasteiger partial charge in [-0.2, -0.15) is 0 Å². The van der Waals surface area contributed by atoms with E-state index in [9.17, 15) is 19.9 Å². The van der Waals surface area contributed by atoms with E-state index in [0.717, 1.165) is 0 Å². The van der Waals surface area contributed by atoms with Crippen molar-refractivity contribution in [3.63, 3.8) is 0 Å². The first-order valence-electron chi connectivity index (χ1n) is 5.79. The lowest BCUT2D eigenvalue weighted by atomic mass is 9.80. The van der Waals surface area contributed by atoms with Crippen molar-refractivity contribution in [2.24, 2.45) is 0 Å². The van der Waals surface area contributed by atoms with Crippen molar-refractivity contribution in [2.45, 2.75) is 20.0 Å². The van der Waals surface area contributed by atoms with Crippen LogP contribution in [0, 0.1) is 0 Å². The van der Waals surface area contributed by atoms with Gasteiger partial charge in [-0.1, -0.05) is 0 Å². The highest BCUT2D eigenvalue weighted by molar-refractivity contribution is 6.58. The average Bonchev–Trinajstić information content (AvgIpc) is 2.25. The SMILES string of the molecule is CC(C)Oc1ccc2c(c1C(=O)O)O[B-](O)(O)CO2. The second-order valence-corrected chi connectivity index (χ2v) is 4.52. The number of benzene rings is 1. The summed E-state index contributed by atoms with van der Waals surface area (Å²) in [4.78, 5) is 11.3. The quantitative estimate of drug-likeness (QED) is 0.682. The van der Waals surface area contributed by atoms with Crippen LogP contribution < -0.4 is 14.1 Å². The van der Waals surface area contributed by atoms with Gasteiger partial charge in [0.15, 0.2) is 5.75 Å². The maximum atomic E-state index is 11.3. The van der Waals surface area contributed by atoms with Crippen LogP contribution in [-0.4, -0.2) is 40.5 Å². The summed E-state index contributed by atoms with van der Waals surface area (Å²) in [5.41, 5.74) is -0.291. The van der Waals surface area contributed by atoms with Crippen LogP contribution in [0.25, 0.3) is 0 Å². The van der Waals surface area contributed by atoms with Crippen molar-refractivity contribution >= 4 is 12.7 Å². The van der Waals surface area contributed by atoms with E-state index in [2.05, 4.69) is 0 Å². The van der Waals surface area contributed by atoms with Crippen LogP contribution in [0.1, 0.15) is 24.2 Å². The molecule has 1 aliphatic rings. The van der Waals surface area contributed by atoms with Crippen LogP contribution >= 0.6 is 0 Å². The Labute approximate surface area is 109 Å². The lowest BCUT2D eigenvalue weighted by Gasteiger charge is -2.37. The topological polar surface area (TPSA) is 105 Å². The molecule has 0 aromatic heterocycles. The summed E-state index contributed by atoms with van der Waals surface area (Å²) in [6.45, 7) is -0.178. The Hall–Kier alpha value is -1.93. The van der Waals surface area contributed by atoms with E-state index in [0.29, 0.717) is 0 Å². The van der Waals surface area contributed by atoms with Gasteiger partial charge in [-0.15, -0.1) is 0 Å². The summed E-state index contributed by atoms with van der Waals surface area (Å²) in [6, 6.07) is 2.91. The van der Waals surface area contributed by atoms with Gasteiger partial charge in [0.1, 0.15) is 17.1 Å². The fourth-order valence-corrected chi connectivity index (χ4v) is 1.75. The summed E-state index contributed by atoms with van der Waals surface area (Å²) in [5.74, 6) is -1.32. The summed E-state index contributed by atoms with van der Waals surface area (Å²) in [6.07, 6.45) is -0.237. The highest BCUT2D eigenvalue weighted by Gasteiger charge is 2.34. The predicted octanol–water partition coefficient (Wildman–Crippen LogP) is 0.406. The normalized spacial score (nSPS) is 16.3. The molecule has 7 nitrogen and oxygen atoms in total. The standard InChI is InChI=1S/C11H14BO7/c1-6(2)18-7-3-4-8-10(9(7)11(13)14)19-12(15,16)5-17-8/h3-4,6,15-16H,5H2,1-2H3,(H,13,14)/q-1. The minimum atomic E-state index is -3.22. The van der Waals surface area contributed by atoms with Crippen LogP contribution in [0.15, 0.2) is 12.1 Å². The molecular formula is C11H14BO7-. The van der Waals surface area contributed by atoms with E-state index >= 15 is 0 Å². The number of hydrogen-bond donors (Lipinski definition) is 3.